The second kappa shape index (κ2) is 6.44. The van der Waals surface area contributed by atoms with Gasteiger partial charge in [0.05, 0.1) is 18.5 Å². The molecule has 1 N–H and O–H groups in total. The molecule has 8 heteroatoms. The molecule has 0 saturated heterocycles. The van der Waals surface area contributed by atoms with E-state index < -0.39 is 0 Å². The summed E-state index contributed by atoms with van der Waals surface area (Å²) < 4.78 is 9.85. The van der Waals surface area contributed by atoms with E-state index in [9.17, 15) is 0 Å². The van der Waals surface area contributed by atoms with E-state index in [-0.39, 0.29) is 6.10 Å². The second-order valence-corrected chi connectivity index (χ2v) is 5.44. The van der Waals surface area contributed by atoms with E-state index in [1.165, 1.54) is 11.5 Å². The Morgan fingerprint density at radius 3 is 2.73 bits per heavy atom. The van der Waals surface area contributed by atoms with E-state index in [1.54, 1.807) is 24.8 Å². The van der Waals surface area contributed by atoms with E-state index in [2.05, 4.69) is 29.6 Å². The third-order valence-electron chi connectivity index (χ3n) is 2.56. The highest BCUT2D eigenvalue weighted by Gasteiger charge is 2.09. The lowest BCUT2D eigenvalue weighted by molar-refractivity contribution is 0.241. The molecule has 0 spiro atoms. The summed E-state index contributed by atoms with van der Waals surface area (Å²) in [4.78, 5) is 16.8. The Bertz CT molecular complexity index is 729. The Hall–Kier alpha value is -2.61. The van der Waals surface area contributed by atoms with Crippen LogP contribution in [0.25, 0.3) is 11.5 Å². The standard InChI is InChI=1S/C14H14N6OS/c1-9(2)21-10-3-4-11(17-7-10)13-19-14(22-20-13)18-12-8-15-5-6-16-12/h3-9H,1-2H3,(H,16,18,19,20). The van der Waals surface area contributed by atoms with Crippen molar-refractivity contribution >= 4 is 22.5 Å². The molecule has 0 radical (unpaired) electrons. The van der Waals surface area contributed by atoms with Crippen molar-refractivity contribution in [2.75, 3.05) is 5.32 Å². The quantitative estimate of drug-likeness (QED) is 0.774. The molecule has 0 aliphatic rings. The highest BCUT2D eigenvalue weighted by molar-refractivity contribution is 7.09. The fraction of sp³-hybridized carbons (Fsp3) is 0.214. The van der Waals surface area contributed by atoms with Crippen molar-refractivity contribution in [1.29, 1.82) is 0 Å². The Morgan fingerprint density at radius 1 is 1.14 bits per heavy atom. The number of nitrogens with zero attached hydrogens (tertiary/aromatic N) is 5. The molecule has 112 valence electrons. The summed E-state index contributed by atoms with van der Waals surface area (Å²) in [5, 5.41) is 3.69. The van der Waals surface area contributed by atoms with Crippen molar-refractivity contribution in [3.05, 3.63) is 36.9 Å². The molecule has 0 amide bonds. The van der Waals surface area contributed by atoms with Gasteiger partial charge in [0.15, 0.2) is 11.6 Å². The van der Waals surface area contributed by atoms with Gasteiger partial charge in [0.1, 0.15) is 11.4 Å². The number of hydrogen-bond acceptors (Lipinski definition) is 8. The molecule has 0 aliphatic heterocycles. The maximum absolute atomic E-state index is 5.56. The SMILES string of the molecule is CC(C)Oc1ccc(-c2nsc(Nc3cnccn3)n2)nc1. The maximum Gasteiger partial charge on any atom is 0.208 e. The van der Waals surface area contributed by atoms with Gasteiger partial charge in [-0.2, -0.15) is 9.36 Å². The molecule has 0 unspecified atom stereocenters. The molecule has 0 fully saturated rings. The Kier molecular flexibility index (Phi) is 4.19. The predicted octanol–water partition coefficient (Wildman–Crippen LogP) is 2.92. The van der Waals surface area contributed by atoms with E-state index in [1.807, 2.05) is 26.0 Å². The van der Waals surface area contributed by atoms with Crippen LogP contribution in [-0.4, -0.2) is 30.4 Å². The predicted molar refractivity (Wildman–Crippen MR) is 84.2 cm³/mol. The molecule has 0 aliphatic carbocycles. The van der Waals surface area contributed by atoms with Gasteiger partial charge in [0, 0.05) is 23.9 Å². The van der Waals surface area contributed by atoms with E-state index >= 15 is 0 Å². The number of rotatable bonds is 5. The van der Waals surface area contributed by atoms with E-state index in [4.69, 9.17) is 4.74 Å². The molecule has 0 saturated carbocycles. The van der Waals surface area contributed by atoms with Crippen molar-refractivity contribution in [3.63, 3.8) is 0 Å². The number of ether oxygens (including phenoxy) is 1. The van der Waals surface area contributed by atoms with Gasteiger partial charge >= 0.3 is 0 Å². The Morgan fingerprint density at radius 2 is 2.05 bits per heavy atom. The molecule has 0 aromatic carbocycles. The van der Waals surface area contributed by atoms with Crippen molar-refractivity contribution in [3.8, 4) is 17.3 Å². The molecule has 0 bridgehead atoms. The first-order valence-corrected chi connectivity index (χ1v) is 7.48. The first kappa shape index (κ1) is 14.3. The molecule has 3 aromatic rings. The highest BCUT2D eigenvalue weighted by atomic mass is 32.1. The minimum absolute atomic E-state index is 0.118. The number of anilines is 2. The van der Waals surface area contributed by atoms with Gasteiger partial charge in [-0.3, -0.25) is 4.98 Å². The Balaban J connectivity index is 1.73. The summed E-state index contributed by atoms with van der Waals surface area (Å²) in [5.41, 5.74) is 0.694. The topological polar surface area (TPSA) is 85.7 Å². The Labute approximate surface area is 131 Å². The van der Waals surface area contributed by atoms with Gasteiger partial charge in [-0.15, -0.1) is 0 Å². The monoisotopic (exact) mass is 314 g/mol. The van der Waals surface area contributed by atoms with Crippen molar-refractivity contribution in [1.82, 2.24) is 24.3 Å². The average Bonchev–Trinajstić information content (AvgIpc) is 2.97. The van der Waals surface area contributed by atoms with Crippen LogP contribution in [0, 0.1) is 0 Å². The third-order valence-corrected chi connectivity index (χ3v) is 3.19. The lowest BCUT2D eigenvalue weighted by Crippen LogP contribution is -2.05. The molecule has 3 rings (SSSR count). The fourth-order valence-corrected chi connectivity index (χ4v) is 2.29. The number of pyridine rings is 1. The van der Waals surface area contributed by atoms with Gasteiger partial charge in [-0.05, 0) is 26.0 Å². The highest BCUT2D eigenvalue weighted by Crippen LogP contribution is 2.23. The lowest BCUT2D eigenvalue weighted by Gasteiger charge is -2.08. The number of nitrogens with one attached hydrogen (secondary N) is 1. The van der Waals surface area contributed by atoms with Crippen molar-refractivity contribution in [2.24, 2.45) is 0 Å². The summed E-state index contributed by atoms with van der Waals surface area (Å²) in [6.07, 6.45) is 6.64. The van der Waals surface area contributed by atoms with Crippen LogP contribution in [0.2, 0.25) is 0 Å². The third kappa shape index (κ3) is 3.53. The van der Waals surface area contributed by atoms with Crippen LogP contribution in [0.4, 0.5) is 10.9 Å². The zero-order valence-corrected chi connectivity index (χ0v) is 12.9. The van der Waals surface area contributed by atoms with E-state index in [0.29, 0.717) is 22.5 Å². The summed E-state index contributed by atoms with van der Waals surface area (Å²) in [6.45, 7) is 3.95. The van der Waals surface area contributed by atoms with Crippen molar-refractivity contribution in [2.45, 2.75) is 20.0 Å². The maximum atomic E-state index is 5.56. The van der Waals surface area contributed by atoms with Gasteiger partial charge in [-0.25, -0.2) is 9.97 Å². The van der Waals surface area contributed by atoms with Crippen LogP contribution < -0.4 is 10.1 Å². The van der Waals surface area contributed by atoms with Crippen LogP contribution in [0.3, 0.4) is 0 Å². The molecular weight excluding hydrogens is 300 g/mol. The summed E-state index contributed by atoms with van der Waals surface area (Å²) in [5.74, 6) is 1.92. The molecule has 3 aromatic heterocycles. The van der Waals surface area contributed by atoms with Gasteiger partial charge in [-0.1, -0.05) is 0 Å². The smallest absolute Gasteiger partial charge is 0.208 e. The normalized spacial score (nSPS) is 10.7. The van der Waals surface area contributed by atoms with Crippen molar-refractivity contribution < 1.29 is 4.74 Å². The summed E-state index contributed by atoms with van der Waals surface area (Å²) >= 11 is 1.24. The van der Waals surface area contributed by atoms with Crippen LogP contribution in [-0.2, 0) is 0 Å². The second-order valence-electron chi connectivity index (χ2n) is 4.68. The molecule has 7 nitrogen and oxygen atoms in total. The average molecular weight is 314 g/mol. The fourth-order valence-electron chi connectivity index (χ4n) is 1.71. The first-order valence-electron chi connectivity index (χ1n) is 6.70. The van der Waals surface area contributed by atoms with Gasteiger partial charge in [0.2, 0.25) is 5.13 Å². The first-order chi connectivity index (χ1) is 10.7. The minimum Gasteiger partial charge on any atom is -0.489 e. The van der Waals surface area contributed by atoms with Crippen LogP contribution in [0.15, 0.2) is 36.9 Å². The van der Waals surface area contributed by atoms with E-state index in [0.717, 1.165) is 5.75 Å². The number of aromatic nitrogens is 5. The number of hydrogen-bond donors (Lipinski definition) is 1. The lowest BCUT2D eigenvalue weighted by atomic mass is 10.3. The zero-order valence-electron chi connectivity index (χ0n) is 12.1. The van der Waals surface area contributed by atoms with Gasteiger partial charge in [0.25, 0.3) is 0 Å². The van der Waals surface area contributed by atoms with Crippen LogP contribution >= 0.6 is 11.5 Å². The molecular formula is C14H14N6OS. The molecule has 0 atom stereocenters. The van der Waals surface area contributed by atoms with Gasteiger partial charge < -0.3 is 10.1 Å². The molecule has 3 heterocycles. The van der Waals surface area contributed by atoms with Crippen LogP contribution in [0.1, 0.15) is 13.8 Å². The zero-order chi connectivity index (χ0) is 15.4. The summed E-state index contributed by atoms with van der Waals surface area (Å²) in [6, 6.07) is 3.70. The largest absolute Gasteiger partial charge is 0.489 e. The molecule has 22 heavy (non-hydrogen) atoms. The van der Waals surface area contributed by atoms with Crippen LogP contribution in [0.5, 0.6) is 5.75 Å². The minimum atomic E-state index is 0.118. The summed E-state index contributed by atoms with van der Waals surface area (Å²) in [7, 11) is 0.